The summed E-state index contributed by atoms with van der Waals surface area (Å²) >= 11 is 0. The van der Waals surface area contributed by atoms with E-state index < -0.39 is 0 Å². The smallest absolute Gasteiger partial charge is 0.0550 e. The molecule has 0 aliphatic heterocycles. The van der Waals surface area contributed by atoms with Gasteiger partial charge in [0.05, 0.1) is 17.6 Å². The number of pyridine rings is 1. The molecule has 2 N–H and O–H groups in total. The molecule has 3 heteroatoms. The van der Waals surface area contributed by atoms with E-state index in [9.17, 15) is 0 Å². The Balaban J connectivity index is 1.93. The molecular formula is C15H19N3. The summed E-state index contributed by atoms with van der Waals surface area (Å²) in [6.45, 7) is 1.47. The Hall–Kier alpha value is -1.87. The Bertz CT molecular complexity index is 465. The number of nitrogens with two attached hydrogens (primary N) is 1. The Kier molecular flexibility index (Phi) is 4.31. The average molecular weight is 241 g/mol. The van der Waals surface area contributed by atoms with Crippen LogP contribution in [0.1, 0.15) is 11.3 Å². The molecular weight excluding hydrogens is 222 g/mol. The molecule has 0 spiro atoms. The van der Waals surface area contributed by atoms with Gasteiger partial charge in [0.25, 0.3) is 0 Å². The van der Waals surface area contributed by atoms with Gasteiger partial charge in [-0.3, -0.25) is 4.98 Å². The number of rotatable bonds is 5. The van der Waals surface area contributed by atoms with Gasteiger partial charge in [-0.1, -0.05) is 30.3 Å². The largest absolute Gasteiger partial charge is 0.373 e. The molecule has 0 saturated heterocycles. The quantitative estimate of drug-likeness (QED) is 0.872. The van der Waals surface area contributed by atoms with Crippen LogP contribution in [-0.2, 0) is 13.0 Å². The summed E-state index contributed by atoms with van der Waals surface area (Å²) < 4.78 is 0. The van der Waals surface area contributed by atoms with E-state index in [0.717, 1.165) is 24.3 Å². The van der Waals surface area contributed by atoms with E-state index in [2.05, 4.69) is 47.3 Å². The summed E-state index contributed by atoms with van der Waals surface area (Å²) in [7, 11) is 2.09. The van der Waals surface area contributed by atoms with Gasteiger partial charge >= 0.3 is 0 Å². The number of aromatic nitrogens is 1. The normalized spacial score (nSPS) is 10.3. The molecule has 94 valence electrons. The Morgan fingerprint density at radius 3 is 2.50 bits per heavy atom. The Labute approximate surface area is 108 Å². The highest BCUT2D eigenvalue weighted by Crippen LogP contribution is 2.12. The monoisotopic (exact) mass is 241 g/mol. The number of hydrogen-bond acceptors (Lipinski definition) is 3. The van der Waals surface area contributed by atoms with Gasteiger partial charge in [-0.25, -0.2) is 0 Å². The topological polar surface area (TPSA) is 42.1 Å². The van der Waals surface area contributed by atoms with Crippen LogP contribution in [0.2, 0.25) is 0 Å². The van der Waals surface area contributed by atoms with Crippen molar-refractivity contribution in [1.29, 1.82) is 0 Å². The molecule has 0 atom stereocenters. The van der Waals surface area contributed by atoms with Crippen LogP contribution >= 0.6 is 0 Å². The first kappa shape index (κ1) is 12.6. The number of nitrogens with zero attached hydrogens (tertiary/aromatic N) is 2. The van der Waals surface area contributed by atoms with E-state index in [4.69, 9.17) is 5.73 Å². The fourth-order valence-electron chi connectivity index (χ4n) is 1.83. The second-order valence-corrected chi connectivity index (χ2v) is 4.37. The average Bonchev–Trinajstić information content (AvgIpc) is 2.46. The standard InChI is InChI=1S/C15H19N3/c1-18(10-9-13-5-3-2-4-6-13)15-8-7-14(11-16)17-12-15/h2-8,12H,9-11,16H2,1H3. The van der Waals surface area contributed by atoms with Gasteiger partial charge in [-0.2, -0.15) is 0 Å². The van der Waals surface area contributed by atoms with Gasteiger partial charge in [0, 0.05) is 20.1 Å². The minimum absolute atomic E-state index is 0.494. The first-order valence-electron chi connectivity index (χ1n) is 6.19. The van der Waals surface area contributed by atoms with Gasteiger partial charge in [0.1, 0.15) is 0 Å². The van der Waals surface area contributed by atoms with E-state index in [-0.39, 0.29) is 0 Å². The van der Waals surface area contributed by atoms with Crippen LogP contribution in [0.15, 0.2) is 48.7 Å². The van der Waals surface area contributed by atoms with E-state index in [0.29, 0.717) is 6.54 Å². The van der Waals surface area contributed by atoms with E-state index in [1.165, 1.54) is 5.56 Å². The summed E-state index contributed by atoms with van der Waals surface area (Å²) in [4.78, 5) is 6.52. The zero-order chi connectivity index (χ0) is 12.8. The van der Waals surface area contributed by atoms with Crippen molar-refractivity contribution < 1.29 is 0 Å². The Morgan fingerprint density at radius 2 is 1.89 bits per heavy atom. The number of anilines is 1. The Morgan fingerprint density at radius 1 is 1.11 bits per heavy atom. The predicted octanol–water partition coefficient (Wildman–Crippen LogP) is 2.22. The van der Waals surface area contributed by atoms with Crippen molar-refractivity contribution in [2.45, 2.75) is 13.0 Å². The van der Waals surface area contributed by atoms with Crippen LogP contribution in [0.25, 0.3) is 0 Å². The van der Waals surface area contributed by atoms with Crippen LogP contribution in [0.4, 0.5) is 5.69 Å². The molecule has 3 nitrogen and oxygen atoms in total. The third-order valence-electron chi connectivity index (χ3n) is 3.04. The van der Waals surface area contributed by atoms with Crippen molar-refractivity contribution in [1.82, 2.24) is 4.98 Å². The molecule has 0 aliphatic carbocycles. The molecule has 1 aromatic heterocycles. The fourth-order valence-corrected chi connectivity index (χ4v) is 1.83. The molecule has 0 saturated carbocycles. The number of likely N-dealkylation sites (N-methyl/N-ethyl adjacent to an activating group) is 1. The highest BCUT2D eigenvalue weighted by atomic mass is 15.1. The van der Waals surface area contributed by atoms with Gasteiger partial charge in [0.15, 0.2) is 0 Å². The van der Waals surface area contributed by atoms with Crippen LogP contribution in [0.5, 0.6) is 0 Å². The number of benzene rings is 1. The first-order valence-corrected chi connectivity index (χ1v) is 6.19. The minimum Gasteiger partial charge on any atom is -0.373 e. The van der Waals surface area contributed by atoms with E-state index in [1.54, 1.807) is 0 Å². The lowest BCUT2D eigenvalue weighted by Crippen LogP contribution is -2.20. The van der Waals surface area contributed by atoms with Crippen LogP contribution < -0.4 is 10.6 Å². The minimum atomic E-state index is 0.494. The van der Waals surface area contributed by atoms with Crippen LogP contribution in [-0.4, -0.2) is 18.6 Å². The van der Waals surface area contributed by atoms with Crippen molar-refractivity contribution >= 4 is 5.69 Å². The van der Waals surface area contributed by atoms with Crippen molar-refractivity contribution in [3.05, 3.63) is 59.9 Å². The summed E-state index contributed by atoms with van der Waals surface area (Å²) in [6.07, 6.45) is 2.92. The van der Waals surface area contributed by atoms with Crippen molar-refractivity contribution in [2.24, 2.45) is 5.73 Å². The van der Waals surface area contributed by atoms with Gasteiger partial charge in [-0.05, 0) is 24.1 Å². The highest BCUT2D eigenvalue weighted by Gasteiger charge is 2.02. The zero-order valence-corrected chi connectivity index (χ0v) is 10.7. The fraction of sp³-hybridized carbons (Fsp3) is 0.267. The summed E-state index contributed by atoms with van der Waals surface area (Å²) in [5.74, 6) is 0. The predicted molar refractivity (Wildman–Crippen MR) is 75.5 cm³/mol. The lowest BCUT2D eigenvalue weighted by molar-refractivity contribution is 0.869. The van der Waals surface area contributed by atoms with E-state index >= 15 is 0 Å². The first-order chi connectivity index (χ1) is 8.79. The maximum atomic E-state index is 5.53. The van der Waals surface area contributed by atoms with Crippen molar-refractivity contribution in [2.75, 3.05) is 18.5 Å². The zero-order valence-electron chi connectivity index (χ0n) is 10.7. The summed E-state index contributed by atoms with van der Waals surface area (Å²) in [5, 5.41) is 0. The molecule has 18 heavy (non-hydrogen) atoms. The maximum Gasteiger partial charge on any atom is 0.0550 e. The lowest BCUT2D eigenvalue weighted by Gasteiger charge is -2.19. The summed E-state index contributed by atoms with van der Waals surface area (Å²) in [5.41, 5.74) is 8.95. The molecule has 1 aromatic carbocycles. The van der Waals surface area contributed by atoms with Crippen LogP contribution in [0, 0.1) is 0 Å². The molecule has 1 heterocycles. The maximum absolute atomic E-state index is 5.53. The third kappa shape index (κ3) is 3.31. The molecule has 0 fully saturated rings. The van der Waals surface area contributed by atoms with Crippen molar-refractivity contribution in [3.8, 4) is 0 Å². The highest BCUT2D eigenvalue weighted by molar-refractivity contribution is 5.43. The number of hydrogen-bond donors (Lipinski definition) is 1. The van der Waals surface area contributed by atoms with Crippen LogP contribution in [0.3, 0.4) is 0 Å². The molecule has 0 aliphatic rings. The third-order valence-corrected chi connectivity index (χ3v) is 3.04. The lowest BCUT2D eigenvalue weighted by atomic mass is 10.1. The van der Waals surface area contributed by atoms with E-state index in [1.807, 2.05) is 18.3 Å². The SMILES string of the molecule is CN(CCc1ccccc1)c1ccc(CN)nc1. The van der Waals surface area contributed by atoms with Gasteiger partial charge < -0.3 is 10.6 Å². The second-order valence-electron chi connectivity index (χ2n) is 4.37. The second kappa shape index (κ2) is 6.17. The molecule has 2 aromatic rings. The molecule has 0 amide bonds. The molecule has 0 radical (unpaired) electrons. The van der Waals surface area contributed by atoms with Gasteiger partial charge in [0.2, 0.25) is 0 Å². The molecule has 0 unspecified atom stereocenters. The molecule has 2 rings (SSSR count). The molecule has 0 bridgehead atoms. The van der Waals surface area contributed by atoms with Gasteiger partial charge in [-0.15, -0.1) is 0 Å². The van der Waals surface area contributed by atoms with Crippen molar-refractivity contribution in [3.63, 3.8) is 0 Å². The summed E-state index contributed by atoms with van der Waals surface area (Å²) in [6, 6.07) is 14.6.